The minimum atomic E-state index is -0.296. The monoisotopic (exact) mass is 379 g/mol. The Balaban J connectivity index is 1.47. The van der Waals surface area contributed by atoms with Gasteiger partial charge in [-0.2, -0.15) is 5.10 Å². The summed E-state index contributed by atoms with van der Waals surface area (Å²) in [5.74, 6) is 0.503. The molecule has 0 aliphatic carbocycles. The van der Waals surface area contributed by atoms with Gasteiger partial charge in [-0.25, -0.2) is 4.39 Å². The molecule has 1 amide bonds. The van der Waals surface area contributed by atoms with Crippen LogP contribution in [0.2, 0.25) is 0 Å². The Morgan fingerprint density at radius 1 is 1.25 bits per heavy atom. The number of nitrogens with zero attached hydrogens (tertiary/aromatic N) is 2. The van der Waals surface area contributed by atoms with E-state index in [1.54, 1.807) is 12.3 Å². The number of ether oxygens (including phenoxy) is 1. The molecule has 4 rings (SSSR count). The number of benzene rings is 2. The highest BCUT2D eigenvalue weighted by Crippen LogP contribution is 2.28. The Morgan fingerprint density at radius 2 is 2.14 bits per heavy atom. The maximum atomic E-state index is 13.5. The molecule has 2 heterocycles. The van der Waals surface area contributed by atoms with Crippen LogP contribution in [0, 0.1) is 5.82 Å². The number of hydrogen-bond donors (Lipinski definition) is 1. The van der Waals surface area contributed by atoms with Gasteiger partial charge in [-0.3, -0.25) is 9.89 Å². The highest BCUT2D eigenvalue weighted by molar-refractivity contribution is 5.98. The summed E-state index contributed by atoms with van der Waals surface area (Å²) >= 11 is 0. The number of carbonyl (C=O) groups is 1. The zero-order valence-electron chi connectivity index (χ0n) is 15.7. The molecule has 1 aliphatic rings. The van der Waals surface area contributed by atoms with E-state index in [1.165, 1.54) is 12.1 Å². The summed E-state index contributed by atoms with van der Waals surface area (Å²) in [6.45, 7) is 3.83. The maximum Gasteiger partial charge on any atom is 0.254 e. The number of amides is 1. The number of unbranched alkanes of at least 4 members (excludes halogenated alkanes) is 1. The van der Waals surface area contributed by atoms with Crippen molar-refractivity contribution >= 4 is 5.91 Å². The lowest BCUT2D eigenvalue weighted by molar-refractivity contribution is 0.0776. The van der Waals surface area contributed by atoms with Gasteiger partial charge in [-0.15, -0.1) is 0 Å². The van der Waals surface area contributed by atoms with Crippen molar-refractivity contribution in [3.05, 3.63) is 71.2 Å². The highest BCUT2D eigenvalue weighted by atomic mass is 19.1. The summed E-state index contributed by atoms with van der Waals surface area (Å²) in [5, 5.41) is 6.98. The topological polar surface area (TPSA) is 58.2 Å². The first-order valence-corrected chi connectivity index (χ1v) is 9.49. The van der Waals surface area contributed by atoms with Crippen LogP contribution in [0.25, 0.3) is 11.3 Å². The van der Waals surface area contributed by atoms with Crippen molar-refractivity contribution in [2.45, 2.75) is 32.9 Å². The second-order valence-electron chi connectivity index (χ2n) is 6.97. The van der Waals surface area contributed by atoms with Crippen LogP contribution in [0.1, 0.15) is 41.3 Å². The molecule has 28 heavy (non-hydrogen) atoms. The molecule has 2 aromatic carbocycles. The van der Waals surface area contributed by atoms with Crippen LogP contribution in [0.3, 0.4) is 0 Å². The number of carbonyl (C=O) groups excluding carboxylic acids is 1. The van der Waals surface area contributed by atoms with Crippen molar-refractivity contribution < 1.29 is 13.9 Å². The third-order valence-electron chi connectivity index (χ3n) is 4.96. The first-order valence-electron chi connectivity index (χ1n) is 9.49. The van der Waals surface area contributed by atoms with E-state index in [0.717, 1.165) is 47.3 Å². The first-order chi connectivity index (χ1) is 13.7. The van der Waals surface area contributed by atoms with Gasteiger partial charge >= 0.3 is 0 Å². The Kier molecular flexibility index (Phi) is 5.10. The summed E-state index contributed by atoms with van der Waals surface area (Å²) in [4.78, 5) is 14.3. The Hall–Kier alpha value is -3.15. The maximum absolute atomic E-state index is 13.5. The number of aromatic amines is 1. The number of nitrogens with one attached hydrogen (secondary N) is 1. The van der Waals surface area contributed by atoms with E-state index in [0.29, 0.717) is 18.9 Å². The summed E-state index contributed by atoms with van der Waals surface area (Å²) in [7, 11) is 0. The fourth-order valence-electron chi connectivity index (χ4n) is 3.45. The molecule has 3 aromatic rings. The van der Waals surface area contributed by atoms with Gasteiger partial charge in [0.05, 0.1) is 11.9 Å². The molecule has 1 aromatic heterocycles. The van der Waals surface area contributed by atoms with Gasteiger partial charge in [0.15, 0.2) is 0 Å². The molecule has 0 spiro atoms. The van der Waals surface area contributed by atoms with Crippen LogP contribution in [-0.2, 0) is 13.2 Å². The van der Waals surface area contributed by atoms with Crippen molar-refractivity contribution in [2.24, 2.45) is 0 Å². The van der Waals surface area contributed by atoms with Crippen LogP contribution in [0.15, 0.2) is 48.7 Å². The van der Waals surface area contributed by atoms with Crippen molar-refractivity contribution in [3.63, 3.8) is 0 Å². The molecule has 5 nitrogen and oxygen atoms in total. The largest absolute Gasteiger partial charge is 0.489 e. The average Bonchev–Trinajstić information content (AvgIpc) is 3.29. The van der Waals surface area contributed by atoms with Gasteiger partial charge in [-0.1, -0.05) is 25.5 Å². The number of hydrogen-bond acceptors (Lipinski definition) is 3. The van der Waals surface area contributed by atoms with E-state index in [4.69, 9.17) is 4.74 Å². The van der Waals surface area contributed by atoms with Crippen LogP contribution in [-0.4, -0.2) is 27.5 Å². The number of halogens is 1. The van der Waals surface area contributed by atoms with Crippen molar-refractivity contribution in [1.29, 1.82) is 0 Å². The van der Waals surface area contributed by atoms with Crippen LogP contribution >= 0.6 is 0 Å². The van der Waals surface area contributed by atoms with Crippen molar-refractivity contribution in [2.75, 3.05) is 6.54 Å². The second-order valence-corrected chi connectivity index (χ2v) is 6.97. The van der Waals surface area contributed by atoms with Gasteiger partial charge < -0.3 is 9.64 Å². The summed E-state index contributed by atoms with van der Waals surface area (Å²) in [6, 6.07) is 11.9. The lowest BCUT2D eigenvalue weighted by atomic mass is 10.1. The third kappa shape index (κ3) is 3.63. The molecular formula is C22H22FN3O2. The molecule has 0 atom stereocenters. The van der Waals surface area contributed by atoms with E-state index in [-0.39, 0.29) is 11.7 Å². The Bertz CT molecular complexity index is 999. The lowest BCUT2D eigenvalue weighted by Gasteiger charge is -2.14. The first kappa shape index (κ1) is 18.2. The minimum absolute atomic E-state index is 0.0956. The molecule has 0 saturated carbocycles. The predicted octanol–water partition coefficient (Wildman–Crippen LogP) is 4.55. The fourth-order valence-corrected chi connectivity index (χ4v) is 3.45. The van der Waals surface area contributed by atoms with E-state index in [2.05, 4.69) is 17.1 Å². The Morgan fingerprint density at radius 3 is 2.96 bits per heavy atom. The lowest BCUT2D eigenvalue weighted by Crippen LogP contribution is -2.24. The highest BCUT2D eigenvalue weighted by Gasteiger charge is 2.27. The molecule has 144 valence electrons. The number of H-pyrrole nitrogens is 1. The minimum Gasteiger partial charge on any atom is -0.489 e. The zero-order valence-corrected chi connectivity index (χ0v) is 15.7. The van der Waals surface area contributed by atoms with Crippen LogP contribution in [0.5, 0.6) is 5.75 Å². The summed E-state index contributed by atoms with van der Waals surface area (Å²) in [6.07, 6.45) is 3.75. The van der Waals surface area contributed by atoms with Gasteiger partial charge in [-0.05, 0) is 42.3 Å². The Labute approximate surface area is 163 Å². The van der Waals surface area contributed by atoms with Gasteiger partial charge in [0.2, 0.25) is 0 Å². The average molecular weight is 379 g/mol. The molecule has 1 N–H and O–H groups in total. The SMILES string of the molecule is CCCCN1Cc2cc(OCc3cn[nH]c3-c3cccc(F)c3)ccc2C1=O. The number of aromatic nitrogens is 2. The van der Waals surface area contributed by atoms with Crippen LogP contribution < -0.4 is 4.74 Å². The molecule has 6 heteroatoms. The number of fused-ring (bicyclic) bond motifs is 1. The zero-order chi connectivity index (χ0) is 19.5. The predicted molar refractivity (Wildman–Crippen MR) is 104 cm³/mol. The van der Waals surface area contributed by atoms with Crippen LogP contribution in [0.4, 0.5) is 4.39 Å². The van der Waals surface area contributed by atoms with Crippen molar-refractivity contribution in [1.82, 2.24) is 15.1 Å². The van der Waals surface area contributed by atoms with Gasteiger partial charge in [0, 0.05) is 29.8 Å². The molecule has 0 fully saturated rings. The molecule has 0 radical (unpaired) electrons. The van der Waals surface area contributed by atoms with Gasteiger partial charge in [0.1, 0.15) is 18.2 Å². The summed E-state index contributed by atoms with van der Waals surface area (Å²) in [5.41, 5.74) is 4.05. The smallest absolute Gasteiger partial charge is 0.254 e. The molecular weight excluding hydrogens is 357 g/mol. The van der Waals surface area contributed by atoms with E-state index in [1.807, 2.05) is 29.2 Å². The summed E-state index contributed by atoms with van der Waals surface area (Å²) < 4.78 is 19.4. The van der Waals surface area contributed by atoms with E-state index >= 15 is 0 Å². The molecule has 0 bridgehead atoms. The molecule has 0 saturated heterocycles. The fraction of sp³-hybridized carbons (Fsp3) is 0.273. The third-order valence-corrected chi connectivity index (χ3v) is 4.96. The van der Waals surface area contributed by atoms with Gasteiger partial charge in [0.25, 0.3) is 5.91 Å². The number of rotatable bonds is 7. The second kappa shape index (κ2) is 7.84. The molecule has 1 aliphatic heterocycles. The standard InChI is InChI=1S/C22H22FN3O2/c1-2-3-9-26-13-16-11-19(7-8-20(16)22(26)27)28-14-17-12-24-25-21(17)15-5-4-6-18(23)10-15/h4-8,10-12H,2-3,9,13-14H2,1H3,(H,24,25). The van der Waals surface area contributed by atoms with E-state index in [9.17, 15) is 9.18 Å². The normalized spacial score (nSPS) is 13.1. The quantitative estimate of drug-likeness (QED) is 0.655. The molecule has 0 unspecified atom stereocenters. The van der Waals surface area contributed by atoms with E-state index < -0.39 is 0 Å². The van der Waals surface area contributed by atoms with Crippen molar-refractivity contribution in [3.8, 4) is 17.0 Å².